The van der Waals surface area contributed by atoms with Crippen molar-refractivity contribution in [3.05, 3.63) is 0 Å². The van der Waals surface area contributed by atoms with E-state index in [0.29, 0.717) is 6.04 Å². The molecule has 2 aliphatic carbocycles. The second kappa shape index (κ2) is 2.94. The molecule has 2 aliphatic rings. The predicted octanol–water partition coefficient (Wildman–Crippen LogP) is 1.36. The van der Waals surface area contributed by atoms with Crippen LogP contribution >= 0.6 is 0 Å². The fourth-order valence-electron chi connectivity index (χ4n) is 1.59. The third-order valence-corrected chi connectivity index (χ3v) is 2.81. The molecule has 0 bridgehead atoms. The fraction of sp³-hybridized carbons (Fsp3) is 0.889. The molecule has 2 rings (SSSR count). The van der Waals surface area contributed by atoms with Crippen LogP contribution in [0.15, 0.2) is 4.99 Å². The molecule has 0 aliphatic heterocycles. The van der Waals surface area contributed by atoms with Crippen LogP contribution in [-0.2, 0) is 0 Å². The molecule has 62 valence electrons. The van der Waals surface area contributed by atoms with E-state index in [1.54, 1.807) is 0 Å². The second-order valence-electron chi connectivity index (χ2n) is 3.67. The maximum absolute atomic E-state index is 4.66. The van der Waals surface area contributed by atoms with Crippen molar-refractivity contribution in [1.29, 1.82) is 0 Å². The minimum Gasteiger partial charge on any atom is -0.316 e. The summed E-state index contributed by atoms with van der Waals surface area (Å²) in [4.78, 5) is 4.66. The lowest BCUT2D eigenvalue weighted by molar-refractivity contribution is 0.412. The van der Waals surface area contributed by atoms with Gasteiger partial charge in [-0.3, -0.25) is 4.99 Å². The summed E-state index contributed by atoms with van der Waals surface area (Å²) in [6.45, 7) is 0. The number of hydrogen-bond acceptors (Lipinski definition) is 2. The second-order valence-corrected chi connectivity index (χ2v) is 3.67. The highest BCUT2D eigenvalue weighted by Crippen LogP contribution is 2.25. The summed E-state index contributed by atoms with van der Waals surface area (Å²) in [5, 5.41) is 3.26. The molecule has 2 heteroatoms. The summed E-state index contributed by atoms with van der Waals surface area (Å²) >= 11 is 0. The molecule has 0 aromatic heterocycles. The van der Waals surface area contributed by atoms with Gasteiger partial charge in [0.1, 0.15) is 0 Å². The molecule has 11 heavy (non-hydrogen) atoms. The molecule has 0 unspecified atom stereocenters. The molecular formula is C9H16N2. The molecule has 2 nitrogen and oxygen atoms in total. The Morgan fingerprint density at radius 1 is 1.36 bits per heavy atom. The Balaban J connectivity index is 1.75. The summed E-state index contributed by atoms with van der Waals surface area (Å²) in [5.41, 5.74) is 1.45. The lowest BCUT2D eigenvalue weighted by Crippen LogP contribution is -2.40. The average molecular weight is 152 g/mol. The zero-order chi connectivity index (χ0) is 7.68. The van der Waals surface area contributed by atoms with Crippen LogP contribution in [0.3, 0.4) is 0 Å². The Kier molecular flexibility index (Phi) is 1.95. The Hall–Kier alpha value is -0.370. The van der Waals surface area contributed by atoms with Gasteiger partial charge in [-0.1, -0.05) is 0 Å². The summed E-state index contributed by atoms with van der Waals surface area (Å²) in [6, 6.07) is 1.44. The van der Waals surface area contributed by atoms with E-state index in [4.69, 9.17) is 0 Å². The monoisotopic (exact) mass is 152 g/mol. The largest absolute Gasteiger partial charge is 0.316 e. The van der Waals surface area contributed by atoms with Gasteiger partial charge in [-0.05, 0) is 26.3 Å². The van der Waals surface area contributed by atoms with E-state index in [1.807, 2.05) is 7.05 Å². The van der Waals surface area contributed by atoms with Crippen molar-refractivity contribution in [2.75, 3.05) is 7.05 Å². The standard InChI is InChI=1S/C9H16N2/c1-10-8-5-9(6-8)11-7-3-2-4-7/h7-8,10H,2-6H2,1H3. The van der Waals surface area contributed by atoms with Gasteiger partial charge < -0.3 is 5.32 Å². The molecule has 0 aromatic carbocycles. The lowest BCUT2D eigenvalue weighted by atomic mass is 9.88. The minimum atomic E-state index is 0.711. The van der Waals surface area contributed by atoms with Crippen molar-refractivity contribution in [1.82, 2.24) is 5.32 Å². The first-order valence-electron chi connectivity index (χ1n) is 4.61. The van der Waals surface area contributed by atoms with Crippen molar-refractivity contribution in [2.45, 2.75) is 44.2 Å². The van der Waals surface area contributed by atoms with Crippen LogP contribution in [0.2, 0.25) is 0 Å². The summed E-state index contributed by atoms with van der Waals surface area (Å²) in [7, 11) is 2.03. The quantitative estimate of drug-likeness (QED) is 0.635. The topological polar surface area (TPSA) is 24.4 Å². The van der Waals surface area contributed by atoms with Crippen LogP contribution < -0.4 is 5.32 Å². The number of nitrogens with one attached hydrogen (secondary N) is 1. The van der Waals surface area contributed by atoms with Crippen LogP contribution in [0.25, 0.3) is 0 Å². The van der Waals surface area contributed by atoms with Crippen LogP contribution in [0.1, 0.15) is 32.1 Å². The number of hydrogen-bond donors (Lipinski definition) is 1. The molecule has 0 atom stereocenters. The third kappa shape index (κ3) is 1.45. The van der Waals surface area contributed by atoms with E-state index in [9.17, 15) is 0 Å². The van der Waals surface area contributed by atoms with E-state index in [0.717, 1.165) is 6.04 Å². The van der Waals surface area contributed by atoms with E-state index in [2.05, 4.69) is 10.3 Å². The maximum atomic E-state index is 4.66. The van der Waals surface area contributed by atoms with Crippen molar-refractivity contribution in [2.24, 2.45) is 4.99 Å². The Bertz CT molecular complexity index is 162. The lowest BCUT2D eigenvalue weighted by Gasteiger charge is -2.31. The van der Waals surface area contributed by atoms with Gasteiger partial charge in [0.2, 0.25) is 0 Å². The summed E-state index contributed by atoms with van der Waals surface area (Å²) in [5.74, 6) is 0. The minimum absolute atomic E-state index is 0.711. The van der Waals surface area contributed by atoms with Gasteiger partial charge in [-0.15, -0.1) is 0 Å². The highest BCUT2D eigenvalue weighted by atomic mass is 14.9. The Morgan fingerprint density at radius 3 is 2.55 bits per heavy atom. The number of nitrogens with zero attached hydrogens (tertiary/aromatic N) is 1. The van der Waals surface area contributed by atoms with Gasteiger partial charge in [0.05, 0.1) is 0 Å². The molecule has 0 aromatic rings. The van der Waals surface area contributed by atoms with Crippen LogP contribution in [0, 0.1) is 0 Å². The first-order valence-corrected chi connectivity index (χ1v) is 4.61. The molecular weight excluding hydrogens is 136 g/mol. The SMILES string of the molecule is CNC1CC(=NC2CCC2)C1. The molecule has 0 spiro atoms. The van der Waals surface area contributed by atoms with Crippen molar-refractivity contribution < 1.29 is 0 Å². The van der Waals surface area contributed by atoms with Gasteiger partial charge in [0.25, 0.3) is 0 Å². The molecule has 0 radical (unpaired) electrons. The number of rotatable bonds is 2. The highest BCUT2D eigenvalue weighted by molar-refractivity contribution is 5.91. The van der Waals surface area contributed by atoms with E-state index in [-0.39, 0.29) is 0 Å². The first kappa shape index (κ1) is 7.29. The Morgan fingerprint density at radius 2 is 2.09 bits per heavy atom. The molecule has 2 saturated carbocycles. The molecule has 0 amide bonds. The van der Waals surface area contributed by atoms with Crippen molar-refractivity contribution in [3.63, 3.8) is 0 Å². The van der Waals surface area contributed by atoms with Gasteiger partial charge in [-0.25, -0.2) is 0 Å². The Labute approximate surface area is 68.1 Å². The zero-order valence-electron chi connectivity index (χ0n) is 7.14. The number of aliphatic imine (C=N–C) groups is 1. The predicted molar refractivity (Wildman–Crippen MR) is 47.2 cm³/mol. The van der Waals surface area contributed by atoms with Crippen molar-refractivity contribution >= 4 is 5.71 Å². The smallest absolute Gasteiger partial charge is 0.0499 e. The zero-order valence-corrected chi connectivity index (χ0v) is 7.14. The van der Waals surface area contributed by atoms with Crippen LogP contribution in [0.5, 0.6) is 0 Å². The third-order valence-electron chi connectivity index (χ3n) is 2.81. The fourth-order valence-corrected chi connectivity index (χ4v) is 1.59. The molecule has 0 heterocycles. The average Bonchev–Trinajstić information content (AvgIpc) is 1.81. The normalized spacial score (nSPS) is 31.0. The van der Waals surface area contributed by atoms with Gasteiger partial charge in [0.15, 0.2) is 0 Å². The molecule has 0 saturated heterocycles. The first-order chi connectivity index (χ1) is 5.38. The summed E-state index contributed by atoms with van der Waals surface area (Å²) in [6.07, 6.45) is 6.48. The summed E-state index contributed by atoms with van der Waals surface area (Å²) < 4.78 is 0. The van der Waals surface area contributed by atoms with E-state index < -0.39 is 0 Å². The molecule has 1 N–H and O–H groups in total. The highest BCUT2D eigenvalue weighted by Gasteiger charge is 2.25. The van der Waals surface area contributed by atoms with Gasteiger partial charge in [-0.2, -0.15) is 0 Å². The van der Waals surface area contributed by atoms with E-state index in [1.165, 1.54) is 37.8 Å². The van der Waals surface area contributed by atoms with Crippen LogP contribution in [-0.4, -0.2) is 24.8 Å². The van der Waals surface area contributed by atoms with Gasteiger partial charge in [0, 0.05) is 30.6 Å². The van der Waals surface area contributed by atoms with Crippen LogP contribution in [0.4, 0.5) is 0 Å². The maximum Gasteiger partial charge on any atom is 0.0499 e. The van der Waals surface area contributed by atoms with Crippen molar-refractivity contribution in [3.8, 4) is 0 Å². The molecule has 2 fully saturated rings. The van der Waals surface area contributed by atoms with Gasteiger partial charge >= 0.3 is 0 Å². The van der Waals surface area contributed by atoms with E-state index >= 15 is 0 Å².